The molecule has 1 aromatic heterocycles. The minimum absolute atomic E-state index is 0.146. The van der Waals surface area contributed by atoms with Crippen molar-refractivity contribution in [2.45, 2.75) is 13.8 Å². The summed E-state index contributed by atoms with van der Waals surface area (Å²) in [5.41, 5.74) is 3.34. The van der Waals surface area contributed by atoms with E-state index >= 15 is 0 Å². The van der Waals surface area contributed by atoms with E-state index in [1.807, 2.05) is 31.2 Å². The topological polar surface area (TPSA) is 93.1 Å². The molecular weight excluding hydrogens is 440 g/mol. The van der Waals surface area contributed by atoms with E-state index in [4.69, 9.17) is 14.2 Å². The molecule has 8 heteroatoms. The third-order valence-electron chi connectivity index (χ3n) is 4.57. The van der Waals surface area contributed by atoms with Crippen molar-refractivity contribution in [1.29, 1.82) is 0 Å². The lowest BCUT2D eigenvalue weighted by Gasteiger charge is -2.14. The Hall–Kier alpha value is -3.00. The van der Waals surface area contributed by atoms with Gasteiger partial charge in [0.2, 0.25) is 0 Å². The molecule has 0 aliphatic carbocycles. The number of aromatic nitrogens is 1. The SMILES string of the molecule is CCOC(=O)/C(=N/O)c1c(OC)cc(OC)c2c(-c3ccc(Br)cc3)c(C)[nH]c12. The number of benzene rings is 2. The summed E-state index contributed by atoms with van der Waals surface area (Å²) in [7, 11) is 3.03. The average Bonchev–Trinajstić information content (AvgIpc) is 3.06. The second-order valence-electron chi connectivity index (χ2n) is 6.21. The van der Waals surface area contributed by atoms with Crippen LogP contribution in [0.25, 0.3) is 22.0 Å². The Balaban J connectivity index is 2.40. The number of aromatic amines is 1. The van der Waals surface area contributed by atoms with Gasteiger partial charge in [-0.25, -0.2) is 4.79 Å². The zero-order chi connectivity index (χ0) is 21.1. The summed E-state index contributed by atoms with van der Waals surface area (Å²) in [6.07, 6.45) is 0. The van der Waals surface area contributed by atoms with Crippen molar-refractivity contribution in [2.24, 2.45) is 5.16 Å². The van der Waals surface area contributed by atoms with Crippen LogP contribution in [-0.4, -0.2) is 42.7 Å². The first-order valence-electron chi connectivity index (χ1n) is 8.89. The number of halogens is 1. The second kappa shape index (κ2) is 8.57. The van der Waals surface area contributed by atoms with Crippen LogP contribution in [0, 0.1) is 6.92 Å². The minimum atomic E-state index is -0.753. The van der Waals surface area contributed by atoms with Gasteiger partial charge in [0.25, 0.3) is 0 Å². The number of methoxy groups -OCH3 is 2. The van der Waals surface area contributed by atoms with Crippen molar-refractivity contribution in [1.82, 2.24) is 4.98 Å². The summed E-state index contributed by atoms with van der Waals surface area (Å²) in [5.74, 6) is 0.125. The molecule has 0 saturated carbocycles. The molecule has 0 aliphatic heterocycles. The fraction of sp³-hybridized carbons (Fsp3) is 0.238. The van der Waals surface area contributed by atoms with Crippen LogP contribution >= 0.6 is 15.9 Å². The number of oxime groups is 1. The number of esters is 1. The fourth-order valence-electron chi connectivity index (χ4n) is 3.37. The van der Waals surface area contributed by atoms with E-state index in [0.717, 1.165) is 26.7 Å². The molecule has 0 spiro atoms. The molecule has 152 valence electrons. The first-order chi connectivity index (χ1) is 14.0. The Kier molecular flexibility index (Phi) is 6.12. The van der Waals surface area contributed by atoms with Crippen LogP contribution in [0.3, 0.4) is 0 Å². The van der Waals surface area contributed by atoms with E-state index in [1.54, 1.807) is 20.1 Å². The van der Waals surface area contributed by atoms with Crippen molar-refractivity contribution in [3.63, 3.8) is 0 Å². The number of carbonyl (C=O) groups excluding carboxylic acids is 1. The van der Waals surface area contributed by atoms with Gasteiger partial charge in [0.15, 0.2) is 5.71 Å². The summed E-state index contributed by atoms with van der Waals surface area (Å²) in [6, 6.07) is 9.52. The molecule has 2 N–H and O–H groups in total. The quantitative estimate of drug-likeness (QED) is 0.241. The largest absolute Gasteiger partial charge is 0.496 e. The molecule has 7 nitrogen and oxygen atoms in total. The summed E-state index contributed by atoms with van der Waals surface area (Å²) in [5, 5.41) is 13.5. The molecule has 3 rings (SSSR count). The van der Waals surface area contributed by atoms with Crippen molar-refractivity contribution < 1.29 is 24.2 Å². The van der Waals surface area contributed by atoms with E-state index in [1.165, 1.54) is 7.11 Å². The number of nitrogens with zero attached hydrogens (tertiary/aromatic N) is 1. The van der Waals surface area contributed by atoms with Gasteiger partial charge >= 0.3 is 5.97 Å². The van der Waals surface area contributed by atoms with Gasteiger partial charge in [0, 0.05) is 21.8 Å². The van der Waals surface area contributed by atoms with Crippen molar-refractivity contribution in [3.05, 3.63) is 46.1 Å². The monoisotopic (exact) mass is 460 g/mol. The average molecular weight is 461 g/mol. The van der Waals surface area contributed by atoms with Gasteiger partial charge in [-0.3, -0.25) is 0 Å². The molecular formula is C21H21BrN2O5. The van der Waals surface area contributed by atoms with Gasteiger partial charge in [0.05, 0.1) is 37.3 Å². The Morgan fingerprint density at radius 1 is 1.17 bits per heavy atom. The molecule has 0 aliphatic rings. The highest BCUT2D eigenvalue weighted by Crippen LogP contribution is 2.43. The molecule has 0 amide bonds. The molecule has 1 heterocycles. The molecule has 0 bridgehead atoms. The number of H-pyrrole nitrogens is 1. The molecule has 0 saturated heterocycles. The second-order valence-corrected chi connectivity index (χ2v) is 7.12. The summed E-state index contributed by atoms with van der Waals surface area (Å²) in [4.78, 5) is 15.7. The van der Waals surface area contributed by atoms with E-state index < -0.39 is 5.97 Å². The summed E-state index contributed by atoms with van der Waals surface area (Å²) >= 11 is 3.45. The maximum Gasteiger partial charge on any atom is 0.361 e. The molecule has 2 aromatic carbocycles. The van der Waals surface area contributed by atoms with Gasteiger partial charge in [-0.15, -0.1) is 0 Å². The standard InChI is InChI=1S/C21H21BrN2O5/c1-5-29-21(25)20(24-26)18-15(28-4)10-14(27-3)17-16(11(2)23-19(17)18)12-6-8-13(22)9-7-12/h6-10,23,26H,5H2,1-4H3/b24-20+. The Labute approximate surface area is 176 Å². The van der Waals surface area contributed by atoms with Gasteiger partial charge < -0.3 is 24.4 Å². The van der Waals surface area contributed by atoms with Crippen LogP contribution < -0.4 is 9.47 Å². The lowest BCUT2D eigenvalue weighted by Crippen LogP contribution is -2.20. The normalized spacial score (nSPS) is 11.6. The molecule has 0 atom stereocenters. The Morgan fingerprint density at radius 3 is 2.38 bits per heavy atom. The summed E-state index contributed by atoms with van der Waals surface area (Å²) in [6.45, 7) is 3.75. The zero-order valence-corrected chi connectivity index (χ0v) is 18.1. The van der Waals surface area contributed by atoms with Gasteiger partial charge in [-0.1, -0.05) is 33.2 Å². The molecule has 0 fully saturated rings. The van der Waals surface area contributed by atoms with E-state index in [2.05, 4.69) is 26.1 Å². The van der Waals surface area contributed by atoms with Crippen LogP contribution in [0.1, 0.15) is 18.2 Å². The van der Waals surface area contributed by atoms with Crippen LogP contribution in [0.2, 0.25) is 0 Å². The van der Waals surface area contributed by atoms with Crippen LogP contribution in [0.4, 0.5) is 0 Å². The minimum Gasteiger partial charge on any atom is -0.496 e. The van der Waals surface area contributed by atoms with E-state index in [0.29, 0.717) is 22.6 Å². The number of ether oxygens (including phenoxy) is 3. The van der Waals surface area contributed by atoms with Gasteiger partial charge in [-0.2, -0.15) is 0 Å². The third-order valence-corrected chi connectivity index (χ3v) is 5.10. The first-order valence-corrected chi connectivity index (χ1v) is 9.68. The van der Waals surface area contributed by atoms with Crippen LogP contribution in [0.15, 0.2) is 40.0 Å². The first kappa shape index (κ1) is 20.7. The van der Waals surface area contributed by atoms with E-state index in [9.17, 15) is 10.0 Å². The number of nitrogens with one attached hydrogen (secondary N) is 1. The highest BCUT2D eigenvalue weighted by molar-refractivity contribution is 9.10. The van der Waals surface area contributed by atoms with Gasteiger partial charge in [0.1, 0.15) is 11.5 Å². The lowest BCUT2D eigenvalue weighted by molar-refractivity contribution is -0.135. The molecule has 3 aromatic rings. The number of rotatable bonds is 6. The number of carbonyl (C=O) groups is 1. The highest BCUT2D eigenvalue weighted by Gasteiger charge is 2.28. The molecule has 0 radical (unpaired) electrons. The molecule has 0 unspecified atom stereocenters. The fourth-order valence-corrected chi connectivity index (χ4v) is 3.64. The number of hydrogen-bond donors (Lipinski definition) is 2. The number of fused-ring (bicyclic) bond motifs is 1. The predicted molar refractivity (Wildman–Crippen MR) is 114 cm³/mol. The number of aryl methyl sites for hydroxylation is 1. The third kappa shape index (κ3) is 3.67. The maximum atomic E-state index is 12.4. The zero-order valence-electron chi connectivity index (χ0n) is 16.5. The van der Waals surface area contributed by atoms with Gasteiger partial charge in [-0.05, 0) is 31.5 Å². The van der Waals surface area contributed by atoms with Crippen LogP contribution in [-0.2, 0) is 9.53 Å². The van der Waals surface area contributed by atoms with E-state index in [-0.39, 0.29) is 12.3 Å². The highest BCUT2D eigenvalue weighted by atomic mass is 79.9. The van der Waals surface area contributed by atoms with Crippen molar-refractivity contribution >= 4 is 38.5 Å². The smallest absolute Gasteiger partial charge is 0.361 e. The van der Waals surface area contributed by atoms with Crippen molar-refractivity contribution in [2.75, 3.05) is 20.8 Å². The van der Waals surface area contributed by atoms with Crippen molar-refractivity contribution in [3.8, 4) is 22.6 Å². The van der Waals surface area contributed by atoms with Crippen LogP contribution in [0.5, 0.6) is 11.5 Å². The lowest BCUT2D eigenvalue weighted by atomic mass is 9.98. The molecule has 29 heavy (non-hydrogen) atoms. The Bertz CT molecular complexity index is 1090. The Morgan fingerprint density at radius 2 is 1.83 bits per heavy atom. The number of hydrogen-bond acceptors (Lipinski definition) is 6. The predicted octanol–water partition coefficient (Wildman–Crippen LogP) is 4.66. The summed E-state index contributed by atoms with van der Waals surface area (Å²) < 4.78 is 17.1. The maximum absolute atomic E-state index is 12.4.